The Morgan fingerprint density at radius 3 is 2.44 bits per heavy atom. The first kappa shape index (κ1) is 21.3. The molecule has 1 amide bonds. The number of amides is 1. The molecule has 0 spiro atoms. The number of methoxy groups -OCH3 is 2. The molecule has 2 aromatic carbocycles. The summed E-state index contributed by atoms with van der Waals surface area (Å²) in [6.07, 6.45) is 1.69. The minimum atomic E-state index is -0.486. The molecule has 0 saturated heterocycles. The molecule has 0 unspecified atom stereocenters. The molecule has 2 aromatic heterocycles. The van der Waals surface area contributed by atoms with E-state index in [0.717, 1.165) is 0 Å². The molecule has 0 saturated carbocycles. The second kappa shape index (κ2) is 8.64. The first-order valence-corrected chi connectivity index (χ1v) is 10.0. The van der Waals surface area contributed by atoms with E-state index in [-0.39, 0.29) is 22.7 Å². The molecule has 0 aliphatic carbocycles. The summed E-state index contributed by atoms with van der Waals surface area (Å²) < 4.78 is 12.1. The Balaban J connectivity index is 1.80. The highest BCUT2D eigenvalue weighted by molar-refractivity contribution is 6.31. The van der Waals surface area contributed by atoms with Crippen molar-refractivity contribution >= 4 is 40.2 Å². The van der Waals surface area contributed by atoms with Gasteiger partial charge in [0.15, 0.2) is 0 Å². The highest BCUT2D eigenvalue weighted by Gasteiger charge is 2.26. The SMILES string of the molecule is COc1ccc(C(=O)c2c(N)c(C(=O)Nc3cc(Cl)ccc3OC)c3ccccn23)cc1. The summed E-state index contributed by atoms with van der Waals surface area (Å²) in [5.74, 6) is 0.274. The van der Waals surface area contributed by atoms with Gasteiger partial charge in [0.1, 0.15) is 17.2 Å². The van der Waals surface area contributed by atoms with Gasteiger partial charge in [-0.2, -0.15) is 0 Å². The second-order valence-corrected chi connectivity index (χ2v) is 7.39. The molecule has 8 heteroatoms. The highest BCUT2D eigenvalue weighted by Crippen LogP contribution is 2.32. The summed E-state index contributed by atoms with van der Waals surface area (Å²) in [5, 5.41) is 3.23. The van der Waals surface area contributed by atoms with E-state index in [0.29, 0.717) is 33.3 Å². The Hall–Kier alpha value is -3.97. The van der Waals surface area contributed by atoms with Crippen molar-refractivity contribution in [2.45, 2.75) is 0 Å². The zero-order valence-electron chi connectivity index (χ0n) is 17.4. The highest BCUT2D eigenvalue weighted by atomic mass is 35.5. The largest absolute Gasteiger partial charge is 0.497 e. The van der Waals surface area contributed by atoms with Gasteiger partial charge in [-0.05, 0) is 54.6 Å². The van der Waals surface area contributed by atoms with Crippen LogP contribution >= 0.6 is 11.6 Å². The van der Waals surface area contributed by atoms with Crippen LogP contribution in [0, 0.1) is 0 Å². The number of benzene rings is 2. The van der Waals surface area contributed by atoms with Crippen LogP contribution in [0.1, 0.15) is 26.4 Å². The van der Waals surface area contributed by atoms with Gasteiger partial charge in [-0.3, -0.25) is 9.59 Å². The first-order valence-electron chi connectivity index (χ1n) is 9.66. The van der Waals surface area contributed by atoms with Gasteiger partial charge < -0.3 is 24.9 Å². The number of ether oxygens (including phenoxy) is 2. The van der Waals surface area contributed by atoms with Gasteiger partial charge in [-0.15, -0.1) is 0 Å². The van der Waals surface area contributed by atoms with E-state index in [4.69, 9.17) is 26.8 Å². The lowest BCUT2D eigenvalue weighted by Crippen LogP contribution is -2.14. The number of halogens is 1. The number of nitrogens with zero attached hydrogens (tertiary/aromatic N) is 1. The van der Waals surface area contributed by atoms with Crippen molar-refractivity contribution in [1.82, 2.24) is 4.40 Å². The molecule has 32 heavy (non-hydrogen) atoms. The van der Waals surface area contributed by atoms with Crippen LogP contribution in [0.15, 0.2) is 66.9 Å². The van der Waals surface area contributed by atoms with Gasteiger partial charge in [-0.1, -0.05) is 17.7 Å². The smallest absolute Gasteiger partial charge is 0.260 e. The average molecular weight is 450 g/mol. The maximum Gasteiger partial charge on any atom is 0.260 e. The Morgan fingerprint density at radius 1 is 1.00 bits per heavy atom. The number of carbonyl (C=O) groups is 2. The lowest BCUT2D eigenvalue weighted by atomic mass is 10.1. The van der Waals surface area contributed by atoms with E-state index in [2.05, 4.69) is 5.32 Å². The van der Waals surface area contributed by atoms with E-state index in [1.165, 1.54) is 7.11 Å². The van der Waals surface area contributed by atoms with Crippen LogP contribution in [-0.4, -0.2) is 30.3 Å². The number of aromatic nitrogens is 1. The number of hydrogen-bond acceptors (Lipinski definition) is 5. The third-order valence-corrected chi connectivity index (χ3v) is 5.32. The molecule has 4 aromatic rings. The quantitative estimate of drug-likeness (QED) is 0.417. The molecule has 0 atom stereocenters. The van der Waals surface area contributed by atoms with Crippen molar-refractivity contribution in [3.8, 4) is 11.5 Å². The number of nitrogen functional groups attached to an aromatic ring is 1. The fourth-order valence-corrected chi connectivity index (χ4v) is 3.71. The number of anilines is 2. The van der Waals surface area contributed by atoms with E-state index >= 15 is 0 Å². The number of nitrogens with one attached hydrogen (secondary N) is 1. The van der Waals surface area contributed by atoms with Crippen LogP contribution in [0.5, 0.6) is 11.5 Å². The minimum Gasteiger partial charge on any atom is -0.497 e. The van der Waals surface area contributed by atoms with E-state index < -0.39 is 5.91 Å². The van der Waals surface area contributed by atoms with Gasteiger partial charge >= 0.3 is 0 Å². The van der Waals surface area contributed by atoms with Crippen LogP contribution in [0.4, 0.5) is 11.4 Å². The van der Waals surface area contributed by atoms with Crippen LogP contribution in [0.2, 0.25) is 5.02 Å². The van der Waals surface area contributed by atoms with Crippen LogP contribution < -0.4 is 20.5 Å². The molecule has 0 radical (unpaired) electrons. The standard InChI is InChI=1S/C24H20ClN3O4/c1-31-16-9-6-14(7-10-16)23(29)22-21(26)20(18-5-3-4-12-28(18)22)24(30)27-17-13-15(25)8-11-19(17)32-2/h3-13H,26H2,1-2H3,(H,27,30). The maximum atomic E-state index is 13.3. The summed E-state index contributed by atoms with van der Waals surface area (Å²) >= 11 is 6.08. The predicted molar refractivity (Wildman–Crippen MR) is 124 cm³/mol. The van der Waals surface area contributed by atoms with Crippen LogP contribution in [0.3, 0.4) is 0 Å². The minimum absolute atomic E-state index is 0.0792. The molecule has 7 nitrogen and oxygen atoms in total. The third-order valence-electron chi connectivity index (χ3n) is 5.09. The number of pyridine rings is 1. The molecule has 0 aliphatic heterocycles. The van der Waals surface area contributed by atoms with Crippen molar-refractivity contribution in [3.05, 3.63) is 88.7 Å². The lowest BCUT2D eigenvalue weighted by Gasteiger charge is -2.10. The van der Waals surface area contributed by atoms with Crippen LogP contribution in [-0.2, 0) is 0 Å². The van der Waals surface area contributed by atoms with E-state index in [1.54, 1.807) is 78.4 Å². The summed E-state index contributed by atoms with van der Waals surface area (Å²) in [4.78, 5) is 26.6. The second-order valence-electron chi connectivity index (χ2n) is 6.95. The Labute approximate surface area is 189 Å². The normalized spacial score (nSPS) is 10.7. The van der Waals surface area contributed by atoms with Crippen molar-refractivity contribution in [2.24, 2.45) is 0 Å². The Bertz CT molecular complexity index is 1330. The number of rotatable bonds is 6. The molecule has 162 valence electrons. The maximum absolute atomic E-state index is 13.3. The number of hydrogen-bond donors (Lipinski definition) is 2. The van der Waals surface area contributed by atoms with E-state index in [9.17, 15) is 9.59 Å². The monoisotopic (exact) mass is 449 g/mol. The summed E-state index contributed by atoms with van der Waals surface area (Å²) in [6.45, 7) is 0. The predicted octanol–water partition coefficient (Wildman–Crippen LogP) is 4.68. The van der Waals surface area contributed by atoms with Gasteiger partial charge in [0.2, 0.25) is 5.78 Å². The van der Waals surface area contributed by atoms with Crippen molar-refractivity contribution in [3.63, 3.8) is 0 Å². The van der Waals surface area contributed by atoms with Crippen LogP contribution in [0.25, 0.3) is 5.52 Å². The summed E-state index contributed by atoms with van der Waals surface area (Å²) in [7, 11) is 3.04. The molecule has 2 heterocycles. The van der Waals surface area contributed by atoms with Crippen molar-refractivity contribution in [1.29, 1.82) is 0 Å². The van der Waals surface area contributed by atoms with Gasteiger partial charge in [-0.25, -0.2) is 0 Å². The Kier molecular flexibility index (Phi) is 5.75. The third kappa shape index (κ3) is 3.74. The van der Waals surface area contributed by atoms with Gasteiger partial charge in [0.25, 0.3) is 5.91 Å². The fourth-order valence-electron chi connectivity index (χ4n) is 3.54. The molecule has 4 rings (SSSR count). The van der Waals surface area contributed by atoms with E-state index in [1.807, 2.05) is 0 Å². The summed E-state index contributed by atoms with van der Waals surface area (Å²) in [6, 6.07) is 16.8. The first-order chi connectivity index (χ1) is 15.4. The Morgan fingerprint density at radius 2 is 1.75 bits per heavy atom. The van der Waals surface area contributed by atoms with Crippen molar-refractivity contribution in [2.75, 3.05) is 25.3 Å². The number of fused-ring (bicyclic) bond motifs is 1. The summed E-state index contributed by atoms with van der Waals surface area (Å²) in [5.41, 5.74) is 8.16. The fraction of sp³-hybridized carbons (Fsp3) is 0.0833. The number of carbonyl (C=O) groups excluding carboxylic acids is 2. The van der Waals surface area contributed by atoms with Crippen molar-refractivity contribution < 1.29 is 19.1 Å². The average Bonchev–Trinajstić information content (AvgIpc) is 3.10. The molecule has 0 aliphatic rings. The topological polar surface area (TPSA) is 95.1 Å². The van der Waals surface area contributed by atoms with Gasteiger partial charge in [0, 0.05) is 16.8 Å². The number of nitrogens with two attached hydrogens (primary N) is 1. The zero-order chi connectivity index (χ0) is 22.8. The molecule has 0 bridgehead atoms. The molecule has 3 N–H and O–H groups in total. The molecular weight excluding hydrogens is 430 g/mol. The molecule has 0 fully saturated rings. The zero-order valence-corrected chi connectivity index (χ0v) is 18.1. The van der Waals surface area contributed by atoms with Gasteiger partial charge in [0.05, 0.1) is 36.7 Å². The molecular formula is C24H20ClN3O4. The lowest BCUT2D eigenvalue weighted by molar-refractivity contribution is 0.102. The number of ketones is 1.